The molecule has 1 aliphatic heterocycles. The van der Waals surface area contributed by atoms with Gasteiger partial charge in [-0.2, -0.15) is 0 Å². The van der Waals surface area contributed by atoms with Gasteiger partial charge in [0, 0.05) is 16.6 Å². The lowest BCUT2D eigenvalue weighted by Crippen LogP contribution is -2.40. The first-order valence-corrected chi connectivity index (χ1v) is 12.7. The Morgan fingerprint density at radius 3 is 2.61 bits per heavy atom. The maximum atomic E-state index is 13.9. The molecule has 2 aliphatic rings. The maximum Gasteiger partial charge on any atom is 0.186 e. The first-order chi connectivity index (χ1) is 15.7. The van der Waals surface area contributed by atoms with Crippen LogP contribution in [0.2, 0.25) is 0 Å². The minimum Gasteiger partial charge on any atom is -0.496 e. The highest BCUT2D eigenvalue weighted by atomic mass is 32.2. The summed E-state index contributed by atoms with van der Waals surface area (Å²) in [7, 11) is -2.39. The van der Waals surface area contributed by atoms with Crippen molar-refractivity contribution in [1.82, 2.24) is 4.98 Å². The molecule has 1 aromatic heterocycles. The largest absolute Gasteiger partial charge is 0.496 e. The number of nitrogens with zero attached hydrogens (tertiary/aromatic N) is 1. The quantitative estimate of drug-likeness (QED) is 0.540. The van der Waals surface area contributed by atoms with Gasteiger partial charge in [-0.15, -0.1) is 0 Å². The molecular weight excluding hydrogens is 438 g/mol. The molecule has 0 N–H and O–H groups in total. The number of Topliss-reactive ketones (excluding diaryl/α,β-unsaturated/α-hetero) is 1. The third-order valence-electron chi connectivity index (χ3n) is 6.93. The van der Waals surface area contributed by atoms with E-state index in [1.54, 1.807) is 37.4 Å². The van der Waals surface area contributed by atoms with Crippen molar-refractivity contribution in [1.29, 1.82) is 0 Å². The van der Waals surface area contributed by atoms with Crippen molar-refractivity contribution in [3.8, 4) is 5.75 Å². The minimum absolute atomic E-state index is 0.0466. The van der Waals surface area contributed by atoms with Crippen molar-refractivity contribution in [3.63, 3.8) is 0 Å². The summed E-state index contributed by atoms with van der Waals surface area (Å²) in [6, 6.07) is 14.1. The molecule has 1 atom stereocenters. The Labute approximate surface area is 193 Å². The second-order valence-electron chi connectivity index (χ2n) is 9.45. The van der Waals surface area contributed by atoms with Gasteiger partial charge in [-0.05, 0) is 74.9 Å². The Kier molecular flexibility index (Phi) is 5.10. The number of methoxy groups -OCH3 is 1. The van der Waals surface area contributed by atoms with Crippen molar-refractivity contribution in [2.24, 2.45) is 5.41 Å². The predicted molar refractivity (Wildman–Crippen MR) is 125 cm³/mol. The van der Waals surface area contributed by atoms with Gasteiger partial charge >= 0.3 is 0 Å². The number of rotatable bonds is 6. The summed E-state index contributed by atoms with van der Waals surface area (Å²) >= 11 is 0. The van der Waals surface area contributed by atoms with Crippen LogP contribution in [-0.2, 0) is 25.0 Å². The number of aromatic nitrogens is 1. The van der Waals surface area contributed by atoms with E-state index in [2.05, 4.69) is 4.98 Å². The van der Waals surface area contributed by atoms with Crippen LogP contribution in [-0.4, -0.2) is 38.7 Å². The molecule has 0 radical (unpaired) electrons. The van der Waals surface area contributed by atoms with Gasteiger partial charge in [0.15, 0.2) is 21.2 Å². The molecule has 1 spiro atoms. The summed E-state index contributed by atoms with van der Waals surface area (Å²) < 4.78 is 38.9. The van der Waals surface area contributed by atoms with Crippen molar-refractivity contribution in [2.45, 2.75) is 43.6 Å². The first-order valence-electron chi connectivity index (χ1n) is 11.1. The number of benzene rings is 2. The van der Waals surface area contributed by atoms with Gasteiger partial charge in [0.05, 0.1) is 24.1 Å². The molecule has 172 valence electrons. The summed E-state index contributed by atoms with van der Waals surface area (Å²) in [5.74, 6) is -0.561. The zero-order valence-electron chi connectivity index (χ0n) is 19.1. The Balaban J connectivity index is 1.58. The summed E-state index contributed by atoms with van der Waals surface area (Å²) in [5.41, 5.74) is 1.58. The van der Waals surface area contributed by atoms with E-state index >= 15 is 0 Å². The average Bonchev–Trinajstić information content (AvgIpc) is 3.42. The number of aryl methyl sites for hydroxylation is 2. The number of carbonyl (C=O) groups excluding carboxylic acids is 1. The van der Waals surface area contributed by atoms with Crippen molar-refractivity contribution in [3.05, 3.63) is 65.4 Å². The van der Waals surface area contributed by atoms with E-state index in [0.717, 1.165) is 24.1 Å². The minimum atomic E-state index is -3.94. The fourth-order valence-corrected chi connectivity index (χ4v) is 6.44. The number of ether oxygens (including phenoxy) is 2. The number of hydrogen-bond donors (Lipinski definition) is 0. The zero-order chi connectivity index (χ0) is 23.4. The SMILES string of the molecule is COc1ccc(C)cc1[C@]1(C(=O)CS(=O)(=O)c2cccc3nc(C)ccc23)CC2(CC2)CO1. The lowest BCUT2D eigenvalue weighted by atomic mass is 9.82. The van der Waals surface area contributed by atoms with E-state index < -0.39 is 27.0 Å². The molecule has 6 nitrogen and oxygen atoms in total. The topological polar surface area (TPSA) is 82.6 Å². The number of carbonyl (C=O) groups is 1. The van der Waals surface area contributed by atoms with E-state index in [1.807, 2.05) is 32.0 Å². The zero-order valence-corrected chi connectivity index (χ0v) is 19.9. The van der Waals surface area contributed by atoms with Gasteiger partial charge in [0.2, 0.25) is 0 Å². The van der Waals surface area contributed by atoms with Gasteiger partial charge < -0.3 is 9.47 Å². The average molecular weight is 466 g/mol. The normalized spacial score (nSPS) is 21.4. The molecule has 33 heavy (non-hydrogen) atoms. The highest BCUT2D eigenvalue weighted by Crippen LogP contribution is 2.61. The first kappa shape index (κ1) is 22.0. The van der Waals surface area contributed by atoms with Gasteiger partial charge in [-0.25, -0.2) is 8.42 Å². The van der Waals surface area contributed by atoms with Crippen LogP contribution < -0.4 is 4.74 Å². The molecule has 0 unspecified atom stereocenters. The van der Waals surface area contributed by atoms with Gasteiger partial charge in [0.1, 0.15) is 11.5 Å². The predicted octanol–water partition coefficient (Wildman–Crippen LogP) is 4.30. The molecule has 2 fully saturated rings. The van der Waals surface area contributed by atoms with E-state index in [0.29, 0.717) is 35.2 Å². The number of fused-ring (bicyclic) bond motifs is 1. The van der Waals surface area contributed by atoms with E-state index in [9.17, 15) is 13.2 Å². The number of sulfone groups is 1. The van der Waals surface area contributed by atoms with Crippen LogP contribution in [0.4, 0.5) is 0 Å². The number of hydrogen-bond acceptors (Lipinski definition) is 6. The molecule has 5 rings (SSSR count). The summed E-state index contributed by atoms with van der Waals surface area (Å²) in [6.07, 6.45) is 2.44. The van der Waals surface area contributed by atoms with Crippen LogP contribution in [0.25, 0.3) is 10.9 Å². The Morgan fingerprint density at radius 2 is 1.91 bits per heavy atom. The molecule has 0 amide bonds. The molecular formula is C26H27NO5S. The number of pyridine rings is 1. The molecule has 3 aromatic rings. The van der Waals surface area contributed by atoms with Crippen LogP contribution in [0, 0.1) is 19.3 Å². The summed E-state index contributed by atoms with van der Waals surface area (Å²) in [5, 5.41) is 0.518. The third-order valence-corrected chi connectivity index (χ3v) is 8.60. The van der Waals surface area contributed by atoms with E-state index in [1.165, 1.54) is 0 Å². The van der Waals surface area contributed by atoms with Crippen molar-refractivity contribution >= 4 is 26.5 Å². The number of ketones is 1. The summed E-state index contributed by atoms with van der Waals surface area (Å²) in [6.45, 7) is 4.24. The Morgan fingerprint density at radius 1 is 1.12 bits per heavy atom. The summed E-state index contributed by atoms with van der Waals surface area (Å²) in [4.78, 5) is 18.4. The molecule has 2 aromatic carbocycles. The van der Waals surface area contributed by atoms with E-state index in [-0.39, 0.29) is 10.3 Å². The molecule has 7 heteroatoms. The lowest BCUT2D eigenvalue weighted by Gasteiger charge is -2.29. The third kappa shape index (κ3) is 3.73. The molecule has 2 heterocycles. The van der Waals surface area contributed by atoms with Crippen LogP contribution >= 0.6 is 0 Å². The second-order valence-corrected chi connectivity index (χ2v) is 11.4. The van der Waals surface area contributed by atoms with Gasteiger partial charge in [0.25, 0.3) is 0 Å². The molecule has 0 bridgehead atoms. The lowest BCUT2D eigenvalue weighted by molar-refractivity contribution is -0.137. The fourth-order valence-electron chi connectivity index (χ4n) is 4.91. The highest BCUT2D eigenvalue weighted by Gasteiger charge is 2.60. The smallest absolute Gasteiger partial charge is 0.186 e. The molecule has 1 saturated heterocycles. The molecule has 1 aliphatic carbocycles. The Hall–Kier alpha value is -2.77. The standard InChI is InChI=1S/C26H27NO5S/c1-17-7-10-22(31-3)20(13-17)26(15-25(11-12-25)16-32-26)24(28)14-33(29,30)23-6-4-5-21-19(23)9-8-18(2)27-21/h4-10,13H,11-12,14-16H2,1-3H3/t26-/m0/s1. The highest BCUT2D eigenvalue weighted by molar-refractivity contribution is 7.92. The van der Waals surface area contributed by atoms with Crippen LogP contribution in [0.3, 0.4) is 0 Å². The van der Waals surface area contributed by atoms with Crippen LogP contribution in [0.15, 0.2) is 53.4 Å². The van der Waals surface area contributed by atoms with Crippen LogP contribution in [0.1, 0.15) is 36.1 Å². The van der Waals surface area contributed by atoms with Gasteiger partial charge in [-0.1, -0.05) is 17.7 Å². The molecule has 1 saturated carbocycles. The van der Waals surface area contributed by atoms with Crippen molar-refractivity contribution in [2.75, 3.05) is 19.5 Å². The Bertz CT molecular complexity index is 1380. The second kappa shape index (κ2) is 7.64. The maximum absolute atomic E-state index is 13.9. The van der Waals surface area contributed by atoms with E-state index in [4.69, 9.17) is 9.47 Å². The van der Waals surface area contributed by atoms with Crippen molar-refractivity contribution < 1.29 is 22.7 Å². The monoisotopic (exact) mass is 465 g/mol. The van der Waals surface area contributed by atoms with Crippen LogP contribution in [0.5, 0.6) is 5.75 Å². The van der Waals surface area contributed by atoms with Gasteiger partial charge in [-0.3, -0.25) is 9.78 Å². The fraction of sp³-hybridized carbons (Fsp3) is 0.385.